The molecule has 2 aromatic rings. The van der Waals surface area contributed by atoms with Crippen LogP contribution in [-0.4, -0.2) is 20.8 Å². The minimum atomic E-state index is -0.109. The summed E-state index contributed by atoms with van der Waals surface area (Å²) in [5.74, 6) is 0.267. The lowest BCUT2D eigenvalue weighted by atomic mass is 10.1. The number of carbonyl (C=O) groups excluding carboxylic acids is 1. The molecule has 0 aliphatic rings. The van der Waals surface area contributed by atoms with Crippen LogP contribution in [0.5, 0.6) is 5.75 Å². The minimum absolute atomic E-state index is 0.109. The number of nitrogens with two attached hydrogens (primary N) is 1. The highest BCUT2D eigenvalue weighted by Gasteiger charge is 2.14. The van der Waals surface area contributed by atoms with Crippen LogP contribution in [0, 0.1) is 0 Å². The number of halogens is 1. The highest BCUT2D eigenvalue weighted by atomic mass is 79.9. The SMILES string of the molecule is CC(=O)c1cc(Br)cc(N)c1OCc1cn(C)nn1. The normalized spacial score (nSPS) is 10.5. The van der Waals surface area contributed by atoms with Crippen LogP contribution in [0.3, 0.4) is 0 Å². The van der Waals surface area contributed by atoms with Crippen LogP contribution in [0.2, 0.25) is 0 Å². The van der Waals surface area contributed by atoms with Gasteiger partial charge in [0.2, 0.25) is 0 Å². The molecule has 0 spiro atoms. The maximum Gasteiger partial charge on any atom is 0.163 e. The molecule has 2 rings (SSSR count). The van der Waals surface area contributed by atoms with Gasteiger partial charge in [-0.2, -0.15) is 0 Å². The molecule has 7 heteroatoms. The van der Waals surface area contributed by atoms with Crippen molar-refractivity contribution < 1.29 is 9.53 Å². The topological polar surface area (TPSA) is 83.0 Å². The molecule has 0 aliphatic carbocycles. The van der Waals surface area contributed by atoms with Crippen molar-refractivity contribution in [3.63, 3.8) is 0 Å². The number of anilines is 1. The Balaban J connectivity index is 2.26. The van der Waals surface area contributed by atoms with Gasteiger partial charge in [0.25, 0.3) is 0 Å². The first kappa shape index (κ1) is 13.5. The molecule has 0 amide bonds. The Morgan fingerprint density at radius 3 is 2.84 bits per heavy atom. The van der Waals surface area contributed by atoms with E-state index in [2.05, 4.69) is 26.2 Å². The summed E-state index contributed by atoms with van der Waals surface area (Å²) < 4.78 is 7.92. The molecule has 6 nitrogen and oxygen atoms in total. The lowest BCUT2D eigenvalue weighted by Crippen LogP contribution is -2.05. The molecule has 1 aromatic heterocycles. The molecule has 0 saturated carbocycles. The molecule has 0 atom stereocenters. The van der Waals surface area contributed by atoms with E-state index >= 15 is 0 Å². The number of rotatable bonds is 4. The van der Waals surface area contributed by atoms with Gasteiger partial charge in [-0.05, 0) is 19.1 Å². The van der Waals surface area contributed by atoms with Crippen molar-refractivity contribution in [3.8, 4) is 5.75 Å². The van der Waals surface area contributed by atoms with Crippen molar-refractivity contribution in [1.82, 2.24) is 15.0 Å². The standard InChI is InChI=1S/C12H13BrN4O2/c1-7(18)10-3-8(13)4-11(14)12(10)19-6-9-5-17(2)16-15-9/h3-5H,6,14H2,1-2H3. The Kier molecular flexibility index (Phi) is 3.84. The summed E-state index contributed by atoms with van der Waals surface area (Å²) in [5, 5.41) is 7.71. The smallest absolute Gasteiger partial charge is 0.163 e. The van der Waals surface area contributed by atoms with E-state index < -0.39 is 0 Å². The molecule has 2 N–H and O–H groups in total. The number of benzene rings is 1. The van der Waals surface area contributed by atoms with E-state index in [0.29, 0.717) is 22.7 Å². The van der Waals surface area contributed by atoms with Gasteiger partial charge in [0, 0.05) is 11.5 Å². The summed E-state index contributed by atoms with van der Waals surface area (Å²) in [5.41, 5.74) is 7.39. The zero-order valence-corrected chi connectivity index (χ0v) is 12.1. The Morgan fingerprint density at radius 1 is 1.53 bits per heavy atom. The Bertz CT molecular complexity index is 624. The van der Waals surface area contributed by atoms with Crippen molar-refractivity contribution in [2.45, 2.75) is 13.5 Å². The third kappa shape index (κ3) is 3.11. The van der Waals surface area contributed by atoms with Crippen LogP contribution < -0.4 is 10.5 Å². The van der Waals surface area contributed by atoms with E-state index in [1.54, 1.807) is 30.1 Å². The fraction of sp³-hybridized carbons (Fsp3) is 0.250. The van der Waals surface area contributed by atoms with Gasteiger partial charge in [0.15, 0.2) is 11.5 Å². The van der Waals surface area contributed by atoms with Gasteiger partial charge in [0.05, 0.1) is 17.4 Å². The molecule has 0 radical (unpaired) electrons. The van der Waals surface area contributed by atoms with Gasteiger partial charge >= 0.3 is 0 Å². The number of ketones is 1. The number of nitrogen functional groups attached to an aromatic ring is 1. The number of ether oxygens (including phenoxy) is 1. The number of nitrogens with zero attached hydrogens (tertiary/aromatic N) is 3. The summed E-state index contributed by atoms with van der Waals surface area (Å²) in [4.78, 5) is 11.6. The molecule has 0 fully saturated rings. The van der Waals surface area contributed by atoms with Crippen LogP contribution >= 0.6 is 15.9 Å². The fourth-order valence-electron chi connectivity index (χ4n) is 1.64. The van der Waals surface area contributed by atoms with Gasteiger partial charge in [-0.15, -0.1) is 5.10 Å². The van der Waals surface area contributed by atoms with E-state index in [0.717, 1.165) is 4.47 Å². The van der Waals surface area contributed by atoms with E-state index in [1.165, 1.54) is 6.92 Å². The predicted octanol–water partition coefficient (Wildman–Crippen LogP) is 1.94. The molecule has 19 heavy (non-hydrogen) atoms. The number of aromatic nitrogens is 3. The predicted molar refractivity (Wildman–Crippen MR) is 73.9 cm³/mol. The van der Waals surface area contributed by atoms with Crippen molar-refractivity contribution >= 4 is 27.4 Å². The Morgan fingerprint density at radius 2 is 2.26 bits per heavy atom. The molecule has 100 valence electrons. The van der Waals surface area contributed by atoms with Crippen molar-refractivity contribution in [1.29, 1.82) is 0 Å². The lowest BCUT2D eigenvalue weighted by molar-refractivity contribution is 0.101. The van der Waals surface area contributed by atoms with Gasteiger partial charge in [0.1, 0.15) is 12.3 Å². The molecule has 0 bridgehead atoms. The summed E-state index contributed by atoms with van der Waals surface area (Å²) >= 11 is 3.30. The second-order valence-corrected chi connectivity index (χ2v) is 5.02. The van der Waals surface area contributed by atoms with Crippen molar-refractivity contribution in [2.75, 3.05) is 5.73 Å². The minimum Gasteiger partial charge on any atom is -0.484 e. The highest BCUT2D eigenvalue weighted by molar-refractivity contribution is 9.10. The summed E-state index contributed by atoms with van der Waals surface area (Å²) in [6.45, 7) is 1.68. The molecule has 0 unspecified atom stereocenters. The zero-order chi connectivity index (χ0) is 14.0. The molecule has 1 heterocycles. The number of aryl methyl sites for hydroxylation is 1. The summed E-state index contributed by atoms with van der Waals surface area (Å²) in [6.07, 6.45) is 1.74. The second kappa shape index (κ2) is 5.40. The number of carbonyl (C=O) groups is 1. The number of Topliss-reactive ketones (excluding diaryl/α,β-unsaturated/α-hetero) is 1. The second-order valence-electron chi connectivity index (χ2n) is 4.10. The number of hydrogen-bond acceptors (Lipinski definition) is 5. The summed E-state index contributed by atoms with van der Waals surface area (Å²) in [6, 6.07) is 3.38. The van der Waals surface area contributed by atoms with E-state index in [4.69, 9.17) is 10.5 Å². The molecule has 0 saturated heterocycles. The first-order chi connectivity index (χ1) is 8.97. The average Bonchev–Trinajstić information content (AvgIpc) is 2.73. The van der Waals surface area contributed by atoms with E-state index in [-0.39, 0.29) is 12.4 Å². The fourth-order valence-corrected chi connectivity index (χ4v) is 2.12. The van der Waals surface area contributed by atoms with Crippen LogP contribution in [0.15, 0.2) is 22.8 Å². The quantitative estimate of drug-likeness (QED) is 0.686. The largest absolute Gasteiger partial charge is 0.484 e. The zero-order valence-electron chi connectivity index (χ0n) is 10.6. The first-order valence-electron chi connectivity index (χ1n) is 5.55. The highest BCUT2D eigenvalue weighted by Crippen LogP contribution is 2.31. The first-order valence-corrected chi connectivity index (χ1v) is 6.34. The third-order valence-electron chi connectivity index (χ3n) is 2.48. The number of hydrogen-bond donors (Lipinski definition) is 1. The third-order valence-corrected chi connectivity index (χ3v) is 2.93. The van der Waals surface area contributed by atoms with Crippen molar-refractivity contribution in [2.24, 2.45) is 7.05 Å². The van der Waals surface area contributed by atoms with Gasteiger partial charge in [-0.25, -0.2) is 0 Å². The van der Waals surface area contributed by atoms with Crippen LogP contribution in [0.4, 0.5) is 5.69 Å². The lowest BCUT2D eigenvalue weighted by Gasteiger charge is -2.12. The van der Waals surface area contributed by atoms with Crippen LogP contribution in [0.25, 0.3) is 0 Å². The molecular weight excluding hydrogens is 312 g/mol. The van der Waals surface area contributed by atoms with Gasteiger partial charge < -0.3 is 10.5 Å². The summed E-state index contributed by atoms with van der Waals surface area (Å²) in [7, 11) is 1.77. The van der Waals surface area contributed by atoms with Crippen molar-refractivity contribution in [3.05, 3.63) is 34.1 Å². The van der Waals surface area contributed by atoms with E-state index in [9.17, 15) is 4.79 Å². The maximum atomic E-state index is 11.6. The van der Waals surface area contributed by atoms with Crippen LogP contribution in [-0.2, 0) is 13.7 Å². The average molecular weight is 325 g/mol. The Labute approximate surface area is 118 Å². The van der Waals surface area contributed by atoms with Gasteiger partial charge in [-0.3, -0.25) is 9.48 Å². The van der Waals surface area contributed by atoms with Crippen LogP contribution in [0.1, 0.15) is 23.0 Å². The van der Waals surface area contributed by atoms with E-state index in [1.807, 2.05) is 0 Å². The molecular formula is C12H13BrN4O2. The Hall–Kier alpha value is -1.89. The maximum absolute atomic E-state index is 11.6. The molecule has 1 aromatic carbocycles. The van der Waals surface area contributed by atoms with Gasteiger partial charge in [-0.1, -0.05) is 21.1 Å². The monoisotopic (exact) mass is 324 g/mol. The molecule has 0 aliphatic heterocycles.